The summed E-state index contributed by atoms with van der Waals surface area (Å²) in [6, 6.07) is 1.39. The van der Waals surface area contributed by atoms with E-state index in [1.807, 2.05) is 11.8 Å². The van der Waals surface area contributed by atoms with Crippen LogP contribution in [0.5, 0.6) is 0 Å². The average Bonchev–Trinajstić information content (AvgIpc) is 2.22. The Bertz CT molecular complexity index is 242. The highest BCUT2D eigenvalue weighted by molar-refractivity contribution is 7.98. The molecule has 1 spiro atoms. The fourth-order valence-electron chi connectivity index (χ4n) is 3.39. The number of hydrogen-bond acceptors (Lipinski definition) is 3. The zero-order chi connectivity index (χ0) is 12.3. The fraction of sp³-hybridized carbons (Fsp3) is 1.00. The lowest BCUT2D eigenvalue weighted by molar-refractivity contribution is -0.174. The van der Waals surface area contributed by atoms with E-state index in [0.29, 0.717) is 17.6 Å². The summed E-state index contributed by atoms with van der Waals surface area (Å²) in [5.41, 5.74) is 0.517. The highest BCUT2D eigenvalue weighted by Gasteiger charge is 2.58. The van der Waals surface area contributed by atoms with Crippen LogP contribution in [-0.4, -0.2) is 36.8 Å². The van der Waals surface area contributed by atoms with Crippen molar-refractivity contribution in [2.24, 2.45) is 5.41 Å². The second kappa shape index (κ2) is 5.94. The Hall–Kier alpha value is 0.270. The molecule has 3 atom stereocenters. The molecule has 2 aliphatic carbocycles. The van der Waals surface area contributed by atoms with Gasteiger partial charge in [-0.05, 0) is 51.5 Å². The van der Waals surface area contributed by atoms with Gasteiger partial charge in [0, 0.05) is 24.1 Å². The van der Waals surface area contributed by atoms with E-state index in [1.165, 1.54) is 37.9 Å². The molecule has 2 aliphatic rings. The summed E-state index contributed by atoms with van der Waals surface area (Å²) in [6.45, 7) is 5.33. The van der Waals surface area contributed by atoms with Crippen LogP contribution in [0.4, 0.5) is 0 Å². The first-order valence-electron chi connectivity index (χ1n) is 7.09. The van der Waals surface area contributed by atoms with Gasteiger partial charge in [-0.1, -0.05) is 6.42 Å². The van der Waals surface area contributed by atoms with Crippen molar-refractivity contribution in [2.75, 3.05) is 18.6 Å². The van der Waals surface area contributed by atoms with Crippen molar-refractivity contribution in [3.63, 3.8) is 0 Å². The highest BCUT2D eigenvalue weighted by atomic mass is 32.2. The van der Waals surface area contributed by atoms with Gasteiger partial charge >= 0.3 is 0 Å². The molecule has 0 amide bonds. The predicted octanol–water partition coefficient (Wildman–Crippen LogP) is 3.07. The number of thioether (sulfide) groups is 1. The van der Waals surface area contributed by atoms with Crippen LogP contribution in [0.3, 0.4) is 0 Å². The van der Waals surface area contributed by atoms with Gasteiger partial charge in [-0.2, -0.15) is 11.8 Å². The topological polar surface area (TPSA) is 21.3 Å². The average molecular weight is 257 g/mol. The van der Waals surface area contributed by atoms with E-state index in [1.54, 1.807) is 0 Å². The van der Waals surface area contributed by atoms with Crippen LogP contribution in [0, 0.1) is 5.41 Å². The van der Waals surface area contributed by atoms with Crippen molar-refractivity contribution in [1.82, 2.24) is 5.32 Å². The van der Waals surface area contributed by atoms with Crippen molar-refractivity contribution in [1.29, 1.82) is 0 Å². The van der Waals surface area contributed by atoms with E-state index in [0.717, 1.165) is 12.6 Å². The standard InChI is InChI=1S/C14H27NOS/c1-4-16-13-10-12(14(13)7-5-8-14)15-11(2)6-9-17-3/h11-13,15H,4-10H2,1-3H3. The maximum atomic E-state index is 5.88. The molecule has 0 bridgehead atoms. The molecule has 0 aromatic rings. The van der Waals surface area contributed by atoms with Crippen LogP contribution < -0.4 is 5.32 Å². The molecular formula is C14H27NOS. The maximum Gasteiger partial charge on any atom is 0.0661 e. The van der Waals surface area contributed by atoms with Crippen LogP contribution in [-0.2, 0) is 4.74 Å². The van der Waals surface area contributed by atoms with E-state index in [4.69, 9.17) is 4.74 Å². The van der Waals surface area contributed by atoms with Gasteiger partial charge in [-0.15, -0.1) is 0 Å². The van der Waals surface area contributed by atoms with E-state index >= 15 is 0 Å². The number of hydrogen-bond donors (Lipinski definition) is 1. The number of nitrogens with one attached hydrogen (secondary N) is 1. The van der Waals surface area contributed by atoms with E-state index < -0.39 is 0 Å². The summed E-state index contributed by atoms with van der Waals surface area (Å²) in [6.07, 6.45) is 9.42. The van der Waals surface area contributed by atoms with Crippen molar-refractivity contribution in [2.45, 2.75) is 64.1 Å². The third-order valence-corrected chi connectivity index (χ3v) is 5.32. The Kier molecular flexibility index (Phi) is 4.79. The molecule has 0 radical (unpaired) electrons. The zero-order valence-electron chi connectivity index (χ0n) is 11.5. The van der Waals surface area contributed by atoms with Crippen molar-refractivity contribution in [3.8, 4) is 0 Å². The van der Waals surface area contributed by atoms with Gasteiger partial charge in [-0.25, -0.2) is 0 Å². The molecule has 0 aliphatic heterocycles. The normalized spacial score (nSPS) is 31.9. The van der Waals surface area contributed by atoms with Crippen LogP contribution in [0.1, 0.15) is 46.0 Å². The molecule has 0 aromatic heterocycles. The molecule has 2 fully saturated rings. The summed E-state index contributed by atoms with van der Waals surface area (Å²) in [5.74, 6) is 1.27. The van der Waals surface area contributed by atoms with E-state index in [2.05, 4.69) is 25.4 Å². The van der Waals surface area contributed by atoms with Crippen LogP contribution in [0.25, 0.3) is 0 Å². The summed E-state index contributed by atoms with van der Waals surface area (Å²) in [7, 11) is 0. The SMILES string of the molecule is CCOC1CC(NC(C)CCSC)C12CCC2. The van der Waals surface area contributed by atoms with E-state index in [-0.39, 0.29) is 0 Å². The lowest BCUT2D eigenvalue weighted by Crippen LogP contribution is -2.68. The second-order valence-corrected chi connectivity index (χ2v) is 6.65. The minimum Gasteiger partial charge on any atom is -0.378 e. The number of ether oxygens (including phenoxy) is 1. The largest absolute Gasteiger partial charge is 0.378 e. The fourth-order valence-corrected chi connectivity index (χ4v) is 3.98. The molecule has 100 valence electrons. The highest BCUT2D eigenvalue weighted by Crippen LogP contribution is 2.57. The Morgan fingerprint density at radius 3 is 2.76 bits per heavy atom. The van der Waals surface area contributed by atoms with Crippen molar-refractivity contribution < 1.29 is 4.74 Å². The minimum atomic E-state index is 0.517. The van der Waals surface area contributed by atoms with E-state index in [9.17, 15) is 0 Å². The van der Waals surface area contributed by atoms with Crippen LogP contribution >= 0.6 is 11.8 Å². The smallest absolute Gasteiger partial charge is 0.0661 e. The molecule has 3 heteroatoms. The van der Waals surface area contributed by atoms with Crippen molar-refractivity contribution in [3.05, 3.63) is 0 Å². The monoisotopic (exact) mass is 257 g/mol. The lowest BCUT2D eigenvalue weighted by Gasteiger charge is -2.61. The first kappa shape index (κ1) is 13.7. The molecule has 0 heterocycles. The third kappa shape index (κ3) is 2.66. The molecule has 2 nitrogen and oxygen atoms in total. The predicted molar refractivity (Wildman–Crippen MR) is 75.7 cm³/mol. The van der Waals surface area contributed by atoms with Gasteiger partial charge in [-0.3, -0.25) is 0 Å². The zero-order valence-corrected chi connectivity index (χ0v) is 12.3. The maximum absolute atomic E-state index is 5.88. The Morgan fingerprint density at radius 2 is 2.24 bits per heavy atom. The van der Waals surface area contributed by atoms with Gasteiger partial charge in [0.1, 0.15) is 0 Å². The third-order valence-electron chi connectivity index (χ3n) is 4.68. The molecule has 3 unspecified atom stereocenters. The van der Waals surface area contributed by atoms with Gasteiger partial charge in [0.05, 0.1) is 6.10 Å². The first-order valence-corrected chi connectivity index (χ1v) is 8.49. The van der Waals surface area contributed by atoms with Crippen LogP contribution in [0.2, 0.25) is 0 Å². The Labute approximate surface area is 110 Å². The summed E-state index contributed by atoms with van der Waals surface area (Å²) < 4.78 is 5.88. The van der Waals surface area contributed by atoms with Gasteiger partial charge in [0.15, 0.2) is 0 Å². The Balaban J connectivity index is 1.78. The molecule has 2 rings (SSSR count). The lowest BCUT2D eigenvalue weighted by atomic mass is 9.51. The summed E-state index contributed by atoms with van der Waals surface area (Å²) in [4.78, 5) is 0. The van der Waals surface area contributed by atoms with Crippen LogP contribution in [0.15, 0.2) is 0 Å². The molecule has 0 saturated heterocycles. The molecule has 17 heavy (non-hydrogen) atoms. The molecule has 0 aromatic carbocycles. The molecular weight excluding hydrogens is 230 g/mol. The molecule has 2 saturated carbocycles. The van der Waals surface area contributed by atoms with Gasteiger partial charge < -0.3 is 10.1 Å². The Morgan fingerprint density at radius 1 is 1.47 bits per heavy atom. The molecule has 1 N–H and O–H groups in total. The quantitative estimate of drug-likeness (QED) is 0.757. The second-order valence-electron chi connectivity index (χ2n) is 5.67. The summed E-state index contributed by atoms with van der Waals surface area (Å²) in [5, 5.41) is 3.84. The first-order chi connectivity index (χ1) is 8.23. The van der Waals surface area contributed by atoms with Gasteiger partial charge in [0.25, 0.3) is 0 Å². The minimum absolute atomic E-state index is 0.517. The number of rotatable bonds is 7. The van der Waals surface area contributed by atoms with Crippen molar-refractivity contribution >= 4 is 11.8 Å². The summed E-state index contributed by atoms with van der Waals surface area (Å²) >= 11 is 1.95. The van der Waals surface area contributed by atoms with Gasteiger partial charge in [0.2, 0.25) is 0 Å².